The van der Waals surface area contributed by atoms with Gasteiger partial charge in [-0.05, 0) is 42.0 Å². The van der Waals surface area contributed by atoms with Crippen molar-refractivity contribution in [3.8, 4) is 5.75 Å². The van der Waals surface area contributed by atoms with Crippen molar-refractivity contribution < 1.29 is 14.3 Å². The number of anilines is 2. The minimum absolute atomic E-state index is 0.00590. The van der Waals surface area contributed by atoms with Crippen molar-refractivity contribution in [2.24, 2.45) is 0 Å². The smallest absolute Gasteiger partial charge is 0.265 e. The molecular formula is C22H17ClN2O3. The standard InChI is InChI=1S/C22H17ClN2O3/c23-17-8-4-7-16(11-17)22(27)24-18-9-10-20-19(12-18)25(21(26)14-28-20)13-15-5-2-1-3-6-15/h1-12H,13-14H2,(H,24,27). The van der Waals surface area contributed by atoms with Gasteiger partial charge < -0.3 is 15.0 Å². The molecule has 1 heterocycles. The van der Waals surface area contributed by atoms with Crippen molar-refractivity contribution >= 4 is 34.8 Å². The number of hydrogen-bond acceptors (Lipinski definition) is 3. The first kappa shape index (κ1) is 18.1. The van der Waals surface area contributed by atoms with Crippen LogP contribution in [0.5, 0.6) is 5.75 Å². The molecule has 1 aliphatic rings. The van der Waals surface area contributed by atoms with Crippen LogP contribution in [0, 0.1) is 0 Å². The van der Waals surface area contributed by atoms with Crippen LogP contribution in [0.25, 0.3) is 0 Å². The van der Waals surface area contributed by atoms with E-state index in [-0.39, 0.29) is 18.4 Å². The van der Waals surface area contributed by atoms with Gasteiger partial charge in [-0.3, -0.25) is 9.59 Å². The van der Waals surface area contributed by atoms with Crippen LogP contribution in [0.1, 0.15) is 15.9 Å². The van der Waals surface area contributed by atoms with Gasteiger partial charge in [0.15, 0.2) is 6.61 Å². The second kappa shape index (κ2) is 7.74. The summed E-state index contributed by atoms with van der Waals surface area (Å²) in [6.07, 6.45) is 0. The third kappa shape index (κ3) is 3.85. The van der Waals surface area contributed by atoms with E-state index in [1.54, 1.807) is 47.4 Å². The average molecular weight is 393 g/mol. The van der Waals surface area contributed by atoms with Gasteiger partial charge in [0.1, 0.15) is 5.75 Å². The predicted molar refractivity (Wildman–Crippen MR) is 109 cm³/mol. The fourth-order valence-electron chi connectivity index (χ4n) is 3.05. The first-order valence-corrected chi connectivity index (χ1v) is 9.16. The van der Waals surface area contributed by atoms with Gasteiger partial charge in [-0.25, -0.2) is 0 Å². The van der Waals surface area contributed by atoms with E-state index in [1.807, 2.05) is 30.3 Å². The molecular weight excluding hydrogens is 376 g/mol. The Hall–Kier alpha value is -3.31. The number of amides is 2. The second-order valence-corrected chi connectivity index (χ2v) is 6.84. The number of nitrogens with one attached hydrogen (secondary N) is 1. The zero-order valence-electron chi connectivity index (χ0n) is 14.9. The highest BCUT2D eigenvalue weighted by molar-refractivity contribution is 6.31. The Kier molecular flexibility index (Phi) is 5.00. The first-order chi connectivity index (χ1) is 13.6. The SMILES string of the molecule is O=C(Nc1ccc2c(c1)N(Cc1ccccc1)C(=O)CO2)c1cccc(Cl)c1. The number of hydrogen-bond donors (Lipinski definition) is 1. The highest BCUT2D eigenvalue weighted by atomic mass is 35.5. The fourth-order valence-corrected chi connectivity index (χ4v) is 3.24. The minimum atomic E-state index is -0.278. The number of carbonyl (C=O) groups excluding carboxylic acids is 2. The lowest BCUT2D eigenvalue weighted by atomic mass is 10.1. The molecule has 0 fully saturated rings. The maximum Gasteiger partial charge on any atom is 0.265 e. The van der Waals surface area contributed by atoms with Gasteiger partial charge in [-0.2, -0.15) is 0 Å². The van der Waals surface area contributed by atoms with Crippen molar-refractivity contribution in [1.29, 1.82) is 0 Å². The monoisotopic (exact) mass is 392 g/mol. The summed E-state index contributed by atoms with van der Waals surface area (Å²) in [5, 5.41) is 3.34. The van der Waals surface area contributed by atoms with Crippen LogP contribution in [0.2, 0.25) is 5.02 Å². The summed E-state index contributed by atoms with van der Waals surface area (Å²) in [6.45, 7) is 0.426. The lowest BCUT2D eigenvalue weighted by Crippen LogP contribution is -2.38. The van der Waals surface area contributed by atoms with Crippen LogP contribution in [0.3, 0.4) is 0 Å². The van der Waals surface area contributed by atoms with Gasteiger partial charge in [0.2, 0.25) is 0 Å². The van der Waals surface area contributed by atoms with Crippen LogP contribution < -0.4 is 15.0 Å². The number of rotatable bonds is 4. The molecule has 28 heavy (non-hydrogen) atoms. The third-order valence-electron chi connectivity index (χ3n) is 4.43. The lowest BCUT2D eigenvalue weighted by molar-refractivity contribution is -0.121. The number of benzene rings is 3. The largest absolute Gasteiger partial charge is 0.482 e. The van der Waals surface area contributed by atoms with Crippen LogP contribution in [-0.4, -0.2) is 18.4 Å². The van der Waals surface area contributed by atoms with Crippen LogP contribution in [-0.2, 0) is 11.3 Å². The Morgan fingerprint density at radius 2 is 1.86 bits per heavy atom. The number of ether oxygens (including phenoxy) is 1. The van der Waals surface area contributed by atoms with Crippen LogP contribution in [0.4, 0.5) is 11.4 Å². The number of nitrogens with zero attached hydrogens (tertiary/aromatic N) is 1. The van der Waals surface area contributed by atoms with Crippen molar-refractivity contribution in [3.05, 3.63) is 88.9 Å². The Bertz CT molecular complexity index is 1040. The molecule has 0 atom stereocenters. The molecule has 2 amide bonds. The number of halogens is 1. The van der Waals surface area contributed by atoms with E-state index in [1.165, 1.54) is 0 Å². The summed E-state index contributed by atoms with van der Waals surface area (Å²) in [4.78, 5) is 26.6. The summed E-state index contributed by atoms with van der Waals surface area (Å²) < 4.78 is 5.54. The molecule has 140 valence electrons. The Labute approximate surface area is 167 Å². The third-order valence-corrected chi connectivity index (χ3v) is 4.67. The number of carbonyl (C=O) groups is 2. The molecule has 0 bridgehead atoms. The molecule has 0 aliphatic carbocycles. The van der Waals surface area contributed by atoms with E-state index in [9.17, 15) is 9.59 Å². The maximum atomic E-state index is 12.5. The predicted octanol–water partition coefficient (Wildman–Crippen LogP) is 4.52. The summed E-state index contributed by atoms with van der Waals surface area (Å²) >= 11 is 5.96. The van der Waals surface area contributed by atoms with Crippen LogP contribution >= 0.6 is 11.6 Å². The van der Waals surface area contributed by atoms with Crippen molar-refractivity contribution in [1.82, 2.24) is 0 Å². The molecule has 0 radical (unpaired) electrons. The number of fused-ring (bicyclic) bond motifs is 1. The highest BCUT2D eigenvalue weighted by Crippen LogP contribution is 2.35. The second-order valence-electron chi connectivity index (χ2n) is 6.40. The van der Waals surface area contributed by atoms with E-state index in [0.717, 1.165) is 5.56 Å². The Balaban J connectivity index is 1.60. The van der Waals surface area contributed by atoms with Gasteiger partial charge in [0.05, 0.1) is 12.2 Å². The van der Waals surface area contributed by atoms with E-state index in [4.69, 9.17) is 16.3 Å². The zero-order chi connectivity index (χ0) is 19.5. The van der Waals surface area contributed by atoms with E-state index in [2.05, 4.69) is 5.32 Å². The van der Waals surface area contributed by atoms with Crippen molar-refractivity contribution in [3.63, 3.8) is 0 Å². The van der Waals surface area contributed by atoms with Crippen LogP contribution in [0.15, 0.2) is 72.8 Å². The molecule has 0 unspecified atom stereocenters. The highest BCUT2D eigenvalue weighted by Gasteiger charge is 2.26. The van der Waals surface area contributed by atoms with E-state index in [0.29, 0.717) is 34.3 Å². The molecule has 0 saturated heterocycles. The Morgan fingerprint density at radius 1 is 1.04 bits per heavy atom. The molecule has 4 rings (SSSR count). The zero-order valence-corrected chi connectivity index (χ0v) is 15.6. The van der Waals surface area contributed by atoms with Gasteiger partial charge in [0, 0.05) is 16.3 Å². The molecule has 0 aromatic heterocycles. The molecule has 0 saturated carbocycles. The fraction of sp³-hybridized carbons (Fsp3) is 0.0909. The maximum absolute atomic E-state index is 12.5. The molecule has 3 aromatic rings. The minimum Gasteiger partial charge on any atom is -0.482 e. The average Bonchev–Trinajstić information content (AvgIpc) is 2.71. The Morgan fingerprint density at radius 3 is 2.64 bits per heavy atom. The molecule has 6 heteroatoms. The summed E-state index contributed by atoms with van der Waals surface area (Å²) in [5.41, 5.74) is 2.67. The topological polar surface area (TPSA) is 58.6 Å². The summed E-state index contributed by atoms with van der Waals surface area (Å²) in [5.74, 6) is 0.200. The molecule has 1 aliphatic heterocycles. The first-order valence-electron chi connectivity index (χ1n) is 8.78. The van der Waals surface area contributed by atoms with E-state index < -0.39 is 0 Å². The van der Waals surface area contributed by atoms with Crippen molar-refractivity contribution in [2.45, 2.75) is 6.54 Å². The molecule has 3 aromatic carbocycles. The molecule has 1 N–H and O–H groups in total. The summed E-state index contributed by atoms with van der Waals surface area (Å²) in [6, 6.07) is 21.7. The van der Waals surface area contributed by atoms with Gasteiger partial charge >= 0.3 is 0 Å². The lowest BCUT2D eigenvalue weighted by Gasteiger charge is -2.30. The van der Waals surface area contributed by atoms with Gasteiger partial charge in [0.25, 0.3) is 11.8 Å². The summed E-state index contributed by atoms with van der Waals surface area (Å²) in [7, 11) is 0. The quantitative estimate of drug-likeness (QED) is 0.710. The van der Waals surface area contributed by atoms with E-state index >= 15 is 0 Å². The van der Waals surface area contributed by atoms with Gasteiger partial charge in [-0.1, -0.05) is 48.0 Å². The normalized spacial score (nSPS) is 12.9. The molecule has 0 spiro atoms. The van der Waals surface area contributed by atoms with Gasteiger partial charge in [-0.15, -0.1) is 0 Å². The van der Waals surface area contributed by atoms with Crippen molar-refractivity contribution in [2.75, 3.05) is 16.8 Å². The molecule has 5 nitrogen and oxygen atoms in total.